The maximum Gasteiger partial charge on any atom is 0.192 e. The Bertz CT molecular complexity index is 445. The summed E-state index contributed by atoms with van der Waals surface area (Å²) in [5.41, 5.74) is 0.928. The maximum atomic E-state index is 9.68. The lowest BCUT2D eigenvalue weighted by atomic mass is 9.98. The third-order valence-electron chi connectivity index (χ3n) is 4.30. The Hall–Kier alpha value is -1.00. The fraction of sp³-hybridized carbons (Fsp3) is 0.647. The Morgan fingerprint density at radius 2 is 1.67 bits per heavy atom. The predicted octanol–water partition coefficient (Wildman–Crippen LogP) is 4.74. The van der Waals surface area contributed by atoms with Crippen molar-refractivity contribution in [2.45, 2.75) is 64.8 Å². The molecule has 1 aromatic carbocycles. The highest BCUT2D eigenvalue weighted by molar-refractivity contribution is 6.73. The minimum atomic E-state index is -1.62. The van der Waals surface area contributed by atoms with Crippen molar-refractivity contribution in [3.05, 3.63) is 23.8 Å². The lowest BCUT2D eigenvalue weighted by Gasteiger charge is -2.38. The molecule has 0 spiro atoms. The number of methoxy groups -OCH3 is 1. The Morgan fingerprint density at radius 3 is 2.14 bits per heavy atom. The van der Waals surface area contributed by atoms with Gasteiger partial charge in [0.15, 0.2) is 19.8 Å². The lowest BCUT2D eigenvalue weighted by molar-refractivity contribution is 0.0957. The number of phenols is 1. The quantitative estimate of drug-likeness (QED) is 0.705. The molecule has 0 unspecified atom stereocenters. The van der Waals surface area contributed by atoms with Gasteiger partial charge in [-0.2, -0.15) is 0 Å². The van der Waals surface area contributed by atoms with Gasteiger partial charge in [0.25, 0.3) is 0 Å². The van der Waals surface area contributed by atoms with E-state index in [2.05, 4.69) is 34.6 Å². The van der Waals surface area contributed by atoms with Crippen LogP contribution in [0.3, 0.4) is 0 Å². The van der Waals surface area contributed by atoms with E-state index in [1.165, 1.54) is 0 Å². The lowest BCUT2D eigenvalue weighted by Crippen LogP contribution is -2.45. The van der Waals surface area contributed by atoms with Gasteiger partial charge in [0.2, 0.25) is 0 Å². The number of hydrogen-bond donors (Lipinski definition) is 1. The van der Waals surface area contributed by atoms with Crippen molar-refractivity contribution in [3.8, 4) is 11.5 Å². The first kappa shape index (κ1) is 18.0. The SMILES string of the molecule is CC[Si](CC)(CC)OC(C)(C)Cc1ccc(O)c(OC)c1. The van der Waals surface area contributed by atoms with Gasteiger partial charge in [-0.25, -0.2) is 0 Å². The van der Waals surface area contributed by atoms with Crippen molar-refractivity contribution >= 4 is 8.32 Å². The Balaban J connectivity index is 2.89. The summed E-state index contributed by atoms with van der Waals surface area (Å²) in [6.45, 7) is 11.1. The highest BCUT2D eigenvalue weighted by Gasteiger charge is 2.35. The highest BCUT2D eigenvalue weighted by Crippen LogP contribution is 2.32. The van der Waals surface area contributed by atoms with Gasteiger partial charge in [0, 0.05) is 0 Å². The molecule has 1 aromatic rings. The molecule has 1 rings (SSSR count). The van der Waals surface area contributed by atoms with E-state index < -0.39 is 8.32 Å². The number of aromatic hydroxyl groups is 1. The summed E-state index contributed by atoms with van der Waals surface area (Å²) < 4.78 is 11.8. The van der Waals surface area contributed by atoms with Crippen molar-refractivity contribution in [2.75, 3.05) is 7.11 Å². The van der Waals surface area contributed by atoms with Crippen LogP contribution in [0.25, 0.3) is 0 Å². The monoisotopic (exact) mass is 310 g/mol. The minimum Gasteiger partial charge on any atom is -0.504 e. The van der Waals surface area contributed by atoms with Gasteiger partial charge in [-0.1, -0.05) is 26.8 Å². The average molecular weight is 311 g/mol. The van der Waals surface area contributed by atoms with Crippen LogP contribution in [0.1, 0.15) is 40.2 Å². The molecule has 0 heterocycles. The van der Waals surface area contributed by atoms with Crippen LogP contribution in [0, 0.1) is 0 Å². The number of benzene rings is 1. The predicted molar refractivity (Wildman–Crippen MR) is 90.7 cm³/mol. The molecule has 21 heavy (non-hydrogen) atoms. The van der Waals surface area contributed by atoms with E-state index in [0.717, 1.165) is 30.1 Å². The zero-order valence-electron chi connectivity index (χ0n) is 14.3. The third-order valence-corrected chi connectivity index (χ3v) is 9.15. The van der Waals surface area contributed by atoms with Crippen molar-refractivity contribution in [2.24, 2.45) is 0 Å². The maximum absolute atomic E-state index is 9.68. The van der Waals surface area contributed by atoms with E-state index in [-0.39, 0.29) is 11.4 Å². The Kier molecular flexibility index (Phi) is 6.29. The van der Waals surface area contributed by atoms with Crippen LogP contribution >= 0.6 is 0 Å². The van der Waals surface area contributed by atoms with Crippen molar-refractivity contribution < 1.29 is 14.3 Å². The average Bonchev–Trinajstić information content (AvgIpc) is 2.46. The summed E-state index contributed by atoms with van der Waals surface area (Å²) in [5, 5.41) is 9.68. The molecule has 3 nitrogen and oxygen atoms in total. The largest absolute Gasteiger partial charge is 0.504 e. The summed E-state index contributed by atoms with van der Waals surface area (Å²) in [4.78, 5) is 0. The minimum absolute atomic E-state index is 0.180. The molecule has 0 saturated heterocycles. The molecule has 0 radical (unpaired) electrons. The van der Waals surface area contributed by atoms with Crippen molar-refractivity contribution in [3.63, 3.8) is 0 Å². The molecule has 0 fully saturated rings. The zero-order valence-corrected chi connectivity index (χ0v) is 15.3. The second kappa shape index (κ2) is 7.32. The molecular weight excluding hydrogens is 280 g/mol. The zero-order chi connectivity index (χ0) is 16.1. The molecule has 0 aromatic heterocycles. The standard InChI is InChI=1S/C17H30O3Si/c1-7-21(8-2,9-3)20-17(4,5)13-14-10-11-15(18)16(12-14)19-6/h10-12,18H,7-9,13H2,1-6H3. The fourth-order valence-electron chi connectivity index (χ4n) is 2.91. The number of phenolic OH excluding ortho intramolecular Hbond substituents is 1. The van der Waals surface area contributed by atoms with Crippen LogP contribution in [0.5, 0.6) is 11.5 Å². The van der Waals surface area contributed by atoms with Crippen LogP contribution in [-0.4, -0.2) is 26.1 Å². The second-order valence-corrected chi connectivity index (χ2v) is 11.0. The first-order valence-electron chi connectivity index (χ1n) is 7.87. The second-order valence-electron chi connectivity index (χ2n) is 6.29. The van der Waals surface area contributed by atoms with E-state index >= 15 is 0 Å². The van der Waals surface area contributed by atoms with E-state index in [1.54, 1.807) is 13.2 Å². The van der Waals surface area contributed by atoms with E-state index in [0.29, 0.717) is 5.75 Å². The molecule has 1 N–H and O–H groups in total. The Labute approximate surface area is 130 Å². The summed E-state index contributed by atoms with van der Waals surface area (Å²) in [6, 6.07) is 8.99. The molecule has 0 aliphatic carbocycles. The van der Waals surface area contributed by atoms with Gasteiger partial charge in [-0.3, -0.25) is 0 Å². The molecule has 4 heteroatoms. The molecule has 0 saturated carbocycles. The fourth-order valence-corrected chi connectivity index (χ4v) is 6.09. The number of ether oxygens (including phenoxy) is 1. The molecule has 0 aliphatic heterocycles. The van der Waals surface area contributed by atoms with Crippen molar-refractivity contribution in [1.82, 2.24) is 0 Å². The molecule has 0 atom stereocenters. The first-order valence-corrected chi connectivity index (χ1v) is 10.4. The molecule has 0 aliphatic rings. The number of rotatable bonds is 8. The van der Waals surface area contributed by atoms with Gasteiger partial charge >= 0.3 is 0 Å². The topological polar surface area (TPSA) is 38.7 Å². The van der Waals surface area contributed by atoms with E-state index in [1.807, 2.05) is 12.1 Å². The smallest absolute Gasteiger partial charge is 0.192 e. The van der Waals surface area contributed by atoms with Gasteiger partial charge in [0.05, 0.1) is 12.7 Å². The van der Waals surface area contributed by atoms with E-state index in [4.69, 9.17) is 9.16 Å². The van der Waals surface area contributed by atoms with Crippen molar-refractivity contribution in [1.29, 1.82) is 0 Å². The van der Waals surface area contributed by atoms with Crippen LogP contribution < -0.4 is 4.74 Å². The molecule has 0 bridgehead atoms. The Morgan fingerprint density at radius 1 is 1.10 bits per heavy atom. The van der Waals surface area contributed by atoms with Gasteiger partial charge in [0.1, 0.15) is 0 Å². The third kappa shape index (κ3) is 4.75. The molecular formula is C17H30O3Si. The van der Waals surface area contributed by atoms with Crippen LogP contribution in [0.15, 0.2) is 18.2 Å². The molecule has 120 valence electrons. The highest BCUT2D eigenvalue weighted by atomic mass is 28.4. The van der Waals surface area contributed by atoms with Crippen LogP contribution in [-0.2, 0) is 10.8 Å². The summed E-state index contributed by atoms with van der Waals surface area (Å²) >= 11 is 0. The summed E-state index contributed by atoms with van der Waals surface area (Å²) in [7, 11) is -0.0470. The summed E-state index contributed by atoms with van der Waals surface area (Å²) in [6.07, 6.45) is 0.818. The van der Waals surface area contributed by atoms with Gasteiger partial charge in [-0.15, -0.1) is 0 Å². The summed E-state index contributed by atoms with van der Waals surface area (Å²) in [5.74, 6) is 0.702. The van der Waals surface area contributed by atoms with E-state index in [9.17, 15) is 5.11 Å². The first-order chi connectivity index (χ1) is 9.81. The van der Waals surface area contributed by atoms with Gasteiger partial charge < -0.3 is 14.3 Å². The van der Waals surface area contributed by atoms with Crippen LogP contribution in [0.2, 0.25) is 18.1 Å². The normalized spacial score (nSPS) is 12.5. The number of hydrogen-bond acceptors (Lipinski definition) is 3. The van der Waals surface area contributed by atoms with Gasteiger partial charge in [-0.05, 0) is 56.1 Å². The molecule has 0 amide bonds. The van der Waals surface area contributed by atoms with Crippen LogP contribution in [0.4, 0.5) is 0 Å².